The highest BCUT2D eigenvalue weighted by Gasteiger charge is 2.19. The standard InChI is InChI=1S/C11H23NO/c1-9(2)8-13-10(3)6-7-12-11-4-5-11/h9-12H,4-8H2,1-3H3. The van der Waals surface area contributed by atoms with Crippen molar-refractivity contribution in [3.8, 4) is 0 Å². The second kappa shape index (κ2) is 5.61. The summed E-state index contributed by atoms with van der Waals surface area (Å²) < 4.78 is 5.67. The summed E-state index contributed by atoms with van der Waals surface area (Å²) in [5.41, 5.74) is 0. The Bertz CT molecular complexity index is 132. The third-order valence-corrected chi connectivity index (χ3v) is 2.28. The molecule has 0 aromatic carbocycles. The van der Waals surface area contributed by atoms with Gasteiger partial charge in [0, 0.05) is 12.6 Å². The topological polar surface area (TPSA) is 21.3 Å². The maximum Gasteiger partial charge on any atom is 0.0559 e. The lowest BCUT2D eigenvalue weighted by atomic mass is 10.2. The second-order valence-corrected chi connectivity index (χ2v) is 4.55. The van der Waals surface area contributed by atoms with Crippen molar-refractivity contribution in [2.75, 3.05) is 13.2 Å². The summed E-state index contributed by atoms with van der Waals surface area (Å²) in [6.45, 7) is 8.55. The van der Waals surface area contributed by atoms with Gasteiger partial charge < -0.3 is 10.1 Å². The number of hydrogen-bond acceptors (Lipinski definition) is 2. The molecule has 1 rings (SSSR count). The van der Waals surface area contributed by atoms with Crippen LogP contribution in [0.2, 0.25) is 0 Å². The van der Waals surface area contributed by atoms with Crippen LogP contribution >= 0.6 is 0 Å². The molecule has 1 atom stereocenters. The van der Waals surface area contributed by atoms with Crippen LogP contribution in [-0.2, 0) is 4.74 Å². The van der Waals surface area contributed by atoms with Crippen molar-refractivity contribution in [2.45, 2.75) is 52.2 Å². The molecule has 1 fully saturated rings. The third kappa shape index (κ3) is 6.05. The maximum atomic E-state index is 5.67. The second-order valence-electron chi connectivity index (χ2n) is 4.55. The fourth-order valence-corrected chi connectivity index (χ4v) is 1.22. The van der Waals surface area contributed by atoms with Gasteiger partial charge in [0.2, 0.25) is 0 Å². The molecular weight excluding hydrogens is 162 g/mol. The summed E-state index contributed by atoms with van der Waals surface area (Å²) in [6.07, 6.45) is 4.31. The molecule has 0 spiro atoms. The molecule has 2 heteroatoms. The number of ether oxygens (including phenoxy) is 1. The first-order chi connectivity index (χ1) is 6.18. The lowest BCUT2D eigenvalue weighted by Crippen LogP contribution is -2.23. The lowest BCUT2D eigenvalue weighted by Gasteiger charge is -2.14. The first kappa shape index (κ1) is 11.0. The van der Waals surface area contributed by atoms with E-state index in [0.717, 1.165) is 25.6 Å². The highest BCUT2D eigenvalue weighted by atomic mass is 16.5. The van der Waals surface area contributed by atoms with Crippen LogP contribution in [0.3, 0.4) is 0 Å². The summed E-state index contributed by atoms with van der Waals surface area (Å²) in [7, 11) is 0. The van der Waals surface area contributed by atoms with Crippen molar-refractivity contribution >= 4 is 0 Å². The van der Waals surface area contributed by atoms with Gasteiger partial charge >= 0.3 is 0 Å². The van der Waals surface area contributed by atoms with Gasteiger partial charge in [-0.25, -0.2) is 0 Å². The summed E-state index contributed by atoms with van der Waals surface area (Å²) >= 11 is 0. The largest absolute Gasteiger partial charge is 0.378 e. The zero-order valence-electron chi connectivity index (χ0n) is 9.18. The summed E-state index contributed by atoms with van der Waals surface area (Å²) in [4.78, 5) is 0. The molecule has 0 heterocycles. The van der Waals surface area contributed by atoms with Gasteiger partial charge in [-0.05, 0) is 38.6 Å². The molecule has 0 bridgehead atoms. The summed E-state index contributed by atoms with van der Waals surface area (Å²) in [6, 6.07) is 0.831. The van der Waals surface area contributed by atoms with E-state index < -0.39 is 0 Å². The Hall–Kier alpha value is -0.0800. The minimum absolute atomic E-state index is 0.411. The number of rotatable bonds is 7. The molecule has 2 nitrogen and oxygen atoms in total. The van der Waals surface area contributed by atoms with Crippen molar-refractivity contribution < 1.29 is 4.74 Å². The van der Waals surface area contributed by atoms with E-state index in [9.17, 15) is 0 Å². The number of hydrogen-bond donors (Lipinski definition) is 1. The molecule has 1 aliphatic rings. The van der Waals surface area contributed by atoms with Crippen molar-refractivity contribution in [2.24, 2.45) is 5.92 Å². The van der Waals surface area contributed by atoms with Crippen LogP contribution in [0.4, 0.5) is 0 Å². The SMILES string of the molecule is CC(C)COC(C)CCNC1CC1. The van der Waals surface area contributed by atoms with Gasteiger partial charge in [0.1, 0.15) is 0 Å². The quantitative estimate of drug-likeness (QED) is 0.656. The Kier molecular flexibility index (Phi) is 4.74. The highest BCUT2D eigenvalue weighted by molar-refractivity contribution is 4.80. The van der Waals surface area contributed by atoms with Crippen LogP contribution in [0, 0.1) is 5.92 Å². The van der Waals surface area contributed by atoms with Gasteiger partial charge in [-0.15, -0.1) is 0 Å². The fraction of sp³-hybridized carbons (Fsp3) is 1.00. The van der Waals surface area contributed by atoms with E-state index >= 15 is 0 Å². The van der Waals surface area contributed by atoms with E-state index in [4.69, 9.17) is 4.74 Å². The van der Waals surface area contributed by atoms with Gasteiger partial charge in [-0.2, -0.15) is 0 Å². The van der Waals surface area contributed by atoms with E-state index in [1.54, 1.807) is 0 Å². The van der Waals surface area contributed by atoms with E-state index in [1.807, 2.05) is 0 Å². The predicted molar refractivity (Wildman–Crippen MR) is 55.9 cm³/mol. The molecule has 13 heavy (non-hydrogen) atoms. The Balaban J connectivity index is 1.87. The first-order valence-corrected chi connectivity index (χ1v) is 5.53. The van der Waals surface area contributed by atoms with Gasteiger partial charge in [0.15, 0.2) is 0 Å². The first-order valence-electron chi connectivity index (χ1n) is 5.53. The van der Waals surface area contributed by atoms with Gasteiger partial charge in [-0.1, -0.05) is 13.8 Å². The number of nitrogens with one attached hydrogen (secondary N) is 1. The van der Waals surface area contributed by atoms with Crippen LogP contribution in [0.1, 0.15) is 40.0 Å². The Labute approximate surface area is 82.0 Å². The minimum Gasteiger partial charge on any atom is -0.378 e. The molecule has 0 aromatic rings. The van der Waals surface area contributed by atoms with Crippen LogP contribution < -0.4 is 5.32 Å². The zero-order chi connectivity index (χ0) is 9.68. The molecule has 0 radical (unpaired) electrons. The fourth-order valence-electron chi connectivity index (χ4n) is 1.22. The molecule has 1 unspecified atom stereocenters. The smallest absolute Gasteiger partial charge is 0.0559 e. The van der Waals surface area contributed by atoms with Crippen molar-refractivity contribution in [3.05, 3.63) is 0 Å². The molecule has 1 N–H and O–H groups in total. The van der Waals surface area contributed by atoms with E-state index in [2.05, 4.69) is 26.1 Å². The molecule has 1 aliphatic carbocycles. The molecule has 78 valence electrons. The Morgan fingerprint density at radius 3 is 2.54 bits per heavy atom. The molecule has 1 saturated carbocycles. The van der Waals surface area contributed by atoms with Crippen molar-refractivity contribution in [1.29, 1.82) is 0 Å². The zero-order valence-corrected chi connectivity index (χ0v) is 9.18. The molecule has 0 amide bonds. The minimum atomic E-state index is 0.411. The summed E-state index contributed by atoms with van der Waals surface area (Å²) in [5.74, 6) is 0.652. The molecule has 0 aromatic heterocycles. The van der Waals surface area contributed by atoms with Crippen LogP contribution in [0.15, 0.2) is 0 Å². The Morgan fingerprint density at radius 2 is 2.00 bits per heavy atom. The van der Waals surface area contributed by atoms with Crippen molar-refractivity contribution in [1.82, 2.24) is 5.32 Å². The molecule has 0 aliphatic heterocycles. The highest BCUT2D eigenvalue weighted by Crippen LogP contribution is 2.18. The van der Waals surface area contributed by atoms with Crippen LogP contribution in [0.5, 0.6) is 0 Å². The van der Waals surface area contributed by atoms with Gasteiger partial charge in [0.25, 0.3) is 0 Å². The predicted octanol–water partition coefficient (Wildman–Crippen LogP) is 2.19. The maximum absolute atomic E-state index is 5.67. The monoisotopic (exact) mass is 185 g/mol. The van der Waals surface area contributed by atoms with E-state index in [-0.39, 0.29) is 0 Å². The lowest BCUT2D eigenvalue weighted by molar-refractivity contribution is 0.0427. The van der Waals surface area contributed by atoms with Gasteiger partial charge in [0.05, 0.1) is 6.10 Å². The average molecular weight is 185 g/mol. The van der Waals surface area contributed by atoms with E-state index in [1.165, 1.54) is 12.8 Å². The normalized spacial score (nSPS) is 19.4. The molecule has 0 saturated heterocycles. The Morgan fingerprint density at radius 1 is 1.31 bits per heavy atom. The van der Waals surface area contributed by atoms with Crippen LogP contribution in [-0.4, -0.2) is 25.3 Å². The van der Waals surface area contributed by atoms with Crippen LogP contribution in [0.25, 0.3) is 0 Å². The third-order valence-electron chi connectivity index (χ3n) is 2.28. The summed E-state index contributed by atoms with van der Waals surface area (Å²) in [5, 5.41) is 3.50. The van der Waals surface area contributed by atoms with Crippen molar-refractivity contribution in [3.63, 3.8) is 0 Å². The average Bonchev–Trinajstić information content (AvgIpc) is 2.84. The van der Waals surface area contributed by atoms with E-state index in [0.29, 0.717) is 12.0 Å². The van der Waals surface area contributed by atoms with Gasteiger partial charge in [-0.3, -0.25) is 0 Å². The molecular formula is C11H23NO.